The third kappa shape index (κ3) is 1.75. The number of aryl methyl sites for hydroxylation is 1. The fraction of sp³-hybridized carbons (Fsp3) is 0.562. The highest BCUT2D eigenvalue weighted by Crippen LogP contribution is 2.52. The third-order valence-corrected chi connectivity index (χ3v) is 4.85. The predicted molar refractivity (Wildman–Crippen MR) is 73.1 cm³/mol. The van der Waals surface area contributed by atoms with Crippen LogP contribution in [0.15, 0.2) is 18.2 Å². The van der Waals surface area contributed by atoms with Gasteiger partial charge in [0.2, 0.25) is 0 Å². The Morgan fingerprint density at radius 3 is 2.33 bits per heavy atom. The number of Topliss-reactive ketones (excluding diaryl/α,β-unsaturated/α-hetero) is 1. The van der Waals surface area contributed by atoms with Gasteiger partial charge in [-0.1, -0.05) is 26.8 Å². The summed E-state index contributed by atoms with van der Waals surface area (Å²) in [5, 5.41) is 0. The van der Waals surface area contributed by atoms with Gasteiger partial charge in [0.05, 0.1) is 7.11 Å². The SMILES string of the molecule is COc1cc(C)cc([C@]2(C)CCC(=O)C2(C)C)c1. The second-order valence-corrected chi connectivity index (χ2v) is 6.12. The number of hydrogen-bond acceptors (Lipinski definition) is 2. The molecule has 0 spiro atoms. The topological polar surface area (TPSA) is 26.3 Å². The fourth-order valence-electron chi connectivity index (χ4n) is 2.99. The maximum atomic E-state index is 12.1. The van der Waals surface area contributed by atoms with Gasteiger partial charge in [-0.25, -0.2) is 0 Å². The first-order valence-electron chi connectivity index (χ1n) is 6.51. The smallest absolute Gasteiger partial charge is 0.139 e. The number of hydrogen-bond donors (Lipinski definition) is 0. The molecule has 1 aliphatic carbocycles. The molecule has 0 N–H and O–H groups in total. The molecule has 0 aliphatic heterocycles. The van der Waals surface area contributed by atoms with Gasteiger partial charge in [-0.2, -0.15) is 0 Å². The van der Waals surface area contributed by atoms with E-state index in [1.54, 1.807) is 7.11 Å². The fourth-order valence-corrected chi connectivity index (χ4v) is 2.99. The van der Waals surface area contributed by atoms with Crippen molar-refractivity contribution in [1.29, 1.82) is 0 Å². The van der Waals surface area contributed by atoms with Gasteiger partial charge in [-0.15, -0.1) is 0 Å². The molecule has 0 heterocycles. The Labute approximate surface area is 109 Å². The minimum Gasteiger partial charge on any atom is -0.497 e. The highest BCUT2D eigenvalue weighted by Gasteiger charge is 2.52. The normalized spacial score (nSPS) is 26.4. The summed E-state index contributed by atoms with van der Waals surface area (Å²) in [4.78, 5) is 12.1. The molecule has 98 valence electrons. The van der Waals surface area contributed by atoms with Crippen LogP contribution in [0.2, 0.25) is 0 Å². The summed E-state index contributed by atoms with van der Waals surface area (Å²) >= 11 is 0. The van der Waals surface area contributed by atoms with Gasteiger partial charge < -0.3 is 4.74 Å². The van der Waals surface area contributed by atoms with E-state index in [1.165, 1.54) is 11.1 Å². The zero-order chi connectivity index (χ0) is 13.6. The quantitative estimate of drug-likeness (QED) is 0.796. The zero-order valence-corrected chi connectivity index (χ0v) is 12.0. The van der Waals surface area contributed by atoms with Gasteiger partial charge in [0.15, 0.2) is 0 Å². The Hall–Kier alpha value is -1.31. The summed E-state index contributed by atoms with van der Waals surface area (Å²) in [5.41, 5.74) is 2.01. The minimum atomic E-state index is -0.300. The third-order valence-electron chi connectivity index (χ3n) is 4.85. The second kappa shape index (κ2) is 4.11. The van der Waals surface area contributed by atoms with Crippen molar-refractivity contribution in [1.82, 2.24) is 0 Å². The van der Waals surface area contributed by atoms with E-state index in [4.69, 9.17) is 4.74 Å². The van der Waals surface area contributed by atoms with E-state index >= 15 is 0 Å². The summed E-state index contributed by atoms with van der Waals surface area (Å²) in [7, 11) is 1.69. The summed E-state index contributed by atoms with van der Waals surface area (Å²) in [6.07, 6.45) is 1.60. The lowest BCUT2D eigenvalue weighted by Gasteiger charge is -2.38. The molecular weight excluding hydrogens is 224 g/mol. The van der Waals surface area contributed by atoms with Crippen molar-refractivity contribution in [2.75, 3.05) is 7.11 Å². The van der Waals surface area contributed by atoms with E-state index < -0.39 is 0 Å². The number of rotatable bonds is 2. The largest absolute Gasteiger partial charge is 0.497 e. The van der Waals surface area contributed by atoms with Crippen molar-refractivity contribution in [3.8, 4) is 5.75 Å². The molecule has 0 unspecified atom stereocenters. The zero-order valence-electron chi connectivity index (χ0n) is 12.0. The molecule has 1 atom stereocenters. The van der Waals surface area contributed by atoms with E-state index in [2.05, 4.69) is 39.8 Å². The number of benzene rings is 1. The average Bonchev–Trinajstić information content (AvgIpc) is 2.53. The van der Waals surface area contributed by atoms with Gasteiger partial charge in [0.1, 0.15) is 11.5 Å². The van der Waals surface area contributed by atoms with Crippen LogP contribution in [0.3, 0.4) is 0 Å². The molecule has 18 heavy (non-hydrogen) atoms. The lowest BCUT2D eigenvalue weighted by Crippen LogP contribution is -2.38. The van der Waals surface area contributed by atoms with Crippen molar-refractivity contribution in [2.45, 2.75) is 46.0 Å². The van der Waals surface area contributed by atoms with Crippen LogP contribution in [-0.2, 0) is 10.2 Å². The first-order chi connectivity index (χ1) is 8.31. The van der Waals surface area contributed by atoms with E-state index in [0.717, 1.165) is 12.2 Å². The monoisotopic (exact) mass is 246 g/mol. The number of carbonyl (C=O) groups is 1. The van der Waals surface area contributed by atoms with Crippen molar-refractivity contribution < 1.29 is 9.53 Å². The van der Waals surface area contributed by atoms with Gasteiger partial charge >= 0.3 is 0 Å². The highest BCUT2D eigenvalue weighted by atomic mass is 16.5. The Bertz CT molecular complexity index is 488. The maximum absolute atomic E-state index is 12.1. The molecule has 0 radical (unpaired) electrons. The van der Waals surface area contributed by atoms with Crippen LogP contribution in [0.4, 0.5) is 0 Å². The number of ether oxygens (including phenoxy) is 1. The van der Waals surface area contributed by atoms with E-state index in [-0.39, 0.29) is 10.8 Å². The Balaban J connectivity index is 2.54. The number of methoxy groups -OCH3 is 1. The summed E-state index contributed by atoms with van der Waals surface area (Å²) in [6.45, 7) is 8.40. The lowest BCUT2D eigenvalue weighted by molar-refractivity contribution is -0.125. The molecule has 1 aromatic carbocycles. The molecule has 1 fully saturated rings. The van der Waals surface area contributed by atoms with Crippen LogP contribution in [0.1, 0.15) is 44.7 Å². The predicted octanol–water partition coefficient (Wildman–Crippen LogP) is 3.65. The first kappa shape index (κ1) is 13.1. The van der Waals surface area contributed by atoms with Gasteiger partial charge in [0.25, 0.3) is 0 Å². The number of carbonyl (C=O) groups excluding carboxylic acids is 1. The minimum absolute atomic E-state index is 0.0939. The molecule has 0 amide bonds. The molecule has 2 nitrogen and oxygen atoms in total. The molecule has 2 heteroatoms. The van der Waals surface area contributed by atoms with Crippen LogP contribution in [0.25, 0.3) is 0 Å². The van der Waals surface area contributed by atoms with Gasteiger partial charge in [-0.05, 0) is 36.6 Å². The molecule has 2 rings (SSSR count). The molecule has 1 aliphatic rings. The van der Waals surface area contributed by atoms with Crippen molar-refractivity contribution in [3.63, 3.8) is 0 Å². The van der Waals surface area contributed by atoms with E-state index in [0.29, 0.717) is 12.2 Å². The van der Waals surface area contributed by atoms with Crippen LogP contribution in [0.5, 0.6) is 5.75 Å². The van der Waals surface area contributed by atoms with E-state index in [1.807, 2.05) is 6.07 Å². The molecule has 1 aromatic rings. The summed E-state index contributed by atoms with van der Waals surface area (Å²) < 4.78 is 5.35. The van der Waals surface area contributed by atoms with Gasteiger partial charge in [0, 0.05) is 17.3 Å². The molecule has 0 saturated heterocycles. The van der Waals surface area contributed by atoms with Crippen LogP contribution >= 0.6 is 0 Å². The van der Waals surface area contributed by atoms with Gasteiger partial charge in [-0.3, -0.25) is 4.79 Å². The molecule has 0 bridgehead atoms. The summed E-state index contributed by atoms with van der Waals surface area (Å²) in [6, 6.07) is 6.28. The van der Waals surface area contributed by atoms with Crippen molar-refractivity contribution in [3.05, 3.63) is 29.3 Å². The van der Waals surface area contributed by atoms with Crippen molar-refractivity contribution >= 4 is 5.78 Å². The number of ketones is 1. The maximum Gasteiger partial charge on any atom is 0.139 e. The Morgan fingerprint density at radius 2 is 1.83 bits per heavy atom. The lowest BCUT2D eigenvalue weighted by atomic mass is 9.65. The standard InChI is InChI=1S/C16H22O2/c1-11-8-12(10-13(9-11)18-5)16(4)7-6-14(17)15(16,2)3/h8-10H,6-7H2,1-5H3/t16-/m0/s1. The van der Waals surface area contributed by atoms with E-state index in [9.17, 15) is 4.79 Å². The van der Waals surface area contributed by atoms with Crippen LogP contribution in [-0.4, -0.2) is 12.9 Å². The van der Waals surface area contributed by atoms with Crippen molar-refractivity contribution in [2.24, 2.45) is 5.41 Å². The molecule has 1 saturated carbocycles. The molecular formula is C16H22O2. The Morgan fingerprint density at radius 1 is 1.17 bits per heavy atom. The van der Waals surface area contributed by atoms with Crippen LogP contribution < -0.4 is 4.74 Å². The Kier molecular flexibility index (Phi) is 3.00. The highest BCUT2D eigenvalue weighted by molar-refractivity contribution is 5.88. The molecule has 0 aromatic heterocycles. The second-order valence-electron chi connectivity index (χ2n) is 6.12. The average molecular weight is 246 g/mol. The van der Waals surface area contributed by atoms with Crippen LogP contribution in [0, 0.1) is 12.3 Å². The summed E-state index contributed by atoms with van der Waals surface area (Å²) in [5.74, 6) is 1.24. The first-order valence-corrected chi connectivity index (χ1v) is 6.51.